The Bertz CT molecular complexity index is 1280. The van der Waals surface area contributed by atoms with Crippen molar-refractivity contribution in [2.75, 3.05) is 6.54 Å². The zero-order chi connectivity index (χ0) is 23.4. The zero-order valence-corrected chi connectivity index (χ0v) is 21.0. The van der Waals surface area contributed by atoms with Crippen molar-refractivity contribution >= 4 is 40.8 Å². The molecule has 5 nitrogen and oxygen atoms in total. The van der Waals surface area contributed by atoms with Gasteiger partial charge in [0.15, 0.2) is 5.70 Å². The summed E-state index contributed by atoms with van der Waals surface area (Å²) in [4.78, 5) is 2.85. The zero-order valence-electron chi connectivity index (χ0n) is 18.9. The Hall–Kier alpha value is -2.39. The van der Waals surface area contributed by atoms with Crippen molar-refractivity contribution in [1.82, 2.24) is 4.48 Å². The van der Waals surface area contributed by atoms with Crippen molar-refractivity contribution in [2.45, 2.75) is 47.5 Å². The Kier molecular flexibility index (Phi) is 5.84. The average molecular weight is 547 g/mol. The van der Waals surface area contributed by atoms with Crippen LogP contribution in [0.3, 0.4) is 0 Å². The molecule has 1 aromatic heterocycles. The van der Waals surface area contributed by atoms with E-state index in [1.54, 1.807) is 6.92 Å². The fraction of sp³-hybridized carbons (Fsp3) is 0.348. The average Bonchev–Trinajstić information content (AvgIpc) is 3.19. The molecule has 166 valence electrons. The van der Waals surface area contributed by atoms with Crippen molar-refractivity contribution in [3.8, 4) is 0 Å². The first kappa shape index (κ1) is 22.8. The highest BCUT2D eigenvalue weighted by Crippen LogP contribution is 2.47. The number of allylic oxidation sites excluding steroid dienone is 1. The monoisotopic (exact) mass is 547 g/mol. The van der Waals surface area contributed by atoms with Crippen molar-refractivity contribution in [2.24, 2.45) is 5.11 Å². The van der Waals surface area contributed by atoms with Crippen molar-refractivity contribution in [3.63, 3.8) is 0 Å². The van der Waals surface area contributed by atoms with E-state index in [1.165, 1.54) is 8.96 Å². The second kappa shape index (κ2) is 8.19. The number of halogens is 3. The van der Waals surface area contributed by atoms with E-state index in [2.05, 4.69) is 32.6 Å². The molecule has 4 rings (SSSR count). The van der Waals surface area contributed by atoms with E-state index in [0.717, 1.165) is 37.0 Å². The summed E-state index contributed by atoms with van der Waals surface area (Å²) in [6.45, 7) is 5.34. The maximum atomic E-state index is 16.4. The van der Waals surface area contributed by atoms with Gasteiger partial charge >= 0.3 is 6.97 Å². The van der Waals surface area contributed by atoms with Gasteiger partial charge < -0.3 is 17.6 Å². The van der Waals surface area contributed by atoms with Crippen LogP contribution >= 0.6 is 22.6 Å². The summed E-state index contributed by atoms with van der Waals surface area (Å²) in [5.41, 5.74) is 16.3. The predicted molar refractivity (Wildman–Crippen MR) is 134 cm³/mol. The standard InChI is InChI=1S/C23H25BF2IN5/c1-6-18-13(3)22-21(16-8-10-17(27)11-9-16)23-14(4)19(7-2)20(12-29-30-28)32(23)24(25,26)31(22)15(18)5/h8-11H,6-7,12H2,1-5H3. The lowest BCUT2D eigenvalue weighted by molar-refractivity contribution is -0.364. The fourth-order valence-corrected chi connectivity index (χ4v) is 5.81. The van der Waals surface area contributed by atoms with Crippen LogP contribution in [0.4, 0.5) is 8.63 Å². The highest BCUT2D eigenvalue weighted by atomic mass is 127. The molecule has 2 aliphatic heterocycles. The predicted octanol–water partition coefficient (Wildman–Crippen LogP) is 6.77. The Morgan fingerprint density at radius 1 is 1.12 bits per heavy atom. The van der Waals surface area contributed by atoms with Gasteiger partial charge in [0, 0.05) is 25.3 Å². The largest absolute Gasteiger partial charge is 0.737 e. The number of hydrogen-bond donors (Lipinski definition) is 0. The van der Waals surface area contributed by atoms with Gasteiger partial charge in [-0.1, -0.05) is 31.1 Å². The lowest BCUT2D eigenvalue weighted by Crippen LogP contribution is -2.52. The Balaban J connectivity index is 2.22. The molecule has 9 heteroatoms. The molecule has 0 saturated carbocycles. The lowest BCUT2D eigenvalue weighted by Gasteiger charge is -2.34. The van der Waals surface area contributed by atoms with Crippen LogP contribution in [0.1, 0.15) is 55.3 Å². The Morgan fingerprint density at radius 3 is 2.34 bits per heavy atom. The summed E-state index contributed by atoms with van der Waals surface area (Å²) in [7, 11) is 0. The highest BCUT2D eigenvalue weighted by Gasteiger charge is 2.57. The van der Waals surface area contributed by atoms with E-state index in [4.69, 9.17) is 5.53 Å². The van der Waals surface area contributed by atoms with Crippen LogP contribution < -0.4 is 0 Å². The number of rotatable bonds is 5. The van der Waals surface area contributed by atoms with E-state index < -0.39 is 6.97 Å². The number of benzene rings is 1. The molecule has 0 radical (unpaired) electrons. The molecule has 2 aliphatic rings. The molecule has 0 aliphatic carbocycles. The molecule has 32 heavy (non-hydrogen) atoms. The van der Waals surface area contributed by atoms with Crippen LogP contribution in [0.15, 0.2) is 46.2 Å². The number of azide groups is 1. The molecule has 0 bridgehead atoms. The van der Waals surface area contributed by atoms with Crippen LogP contribution in [-0.2, 0) is 6.42 Å². The number of nitrogens with zero attached hydrogens (tertiary/aromatic N) is 5. The molecule has 0 atom stereocenters. The number of fused-ring (bicyclic) bond motifs is 2. The molecular formula is C23H25BF2IN5. The summed E-state index contributed by atoms with van der Waals surface area (Å²) in [5, 5.41) is 3.68. The molecule has 0 N–H and O–H groups in total. The van der Waals surface area contributed by atoms with E-state index in [1.807, 2.05) is 52.0 Å². The highest BCUT2D eigenvalue weighted by molar-refractivity contribution is 14.1. The normalized spacial score (nSPS) is 17.0. The first-order valence-corrected chi connectivity index (χ1v) is 11.9. The topological polar surface area (TPSA) is 56.7 Å². The molecular weight excluding hydrogens is 522 g/mol. The summed E-state index contributed by atoms with van der Waals surface area (Å²) in [5.74, 6) is 0. The summed E-state index contributed by atoms with van der Waals surface area (Å²) in [6, 6.07) is 8.00. The minimum atomic E-state index is -4.16. The molecule has 0 amide bonds. The van der Waals surface area contributed by atoms with Gasteiger partial charge in [0.25, 0.3) is 0 Å². The minimum absolute atomic E-state index is 0.104. The van der Waals surface area contributed by atoms with Gasteiger partial charge in [0.1, 0.15) is 12.3 Å². The first-order chi connectivity index (χ1) is 15.2. The van der Waals surface area contributed by atoms with Gasteiger partial charge in [-0.3, -0.25) is 0 Å². The van der Waals surface area contributed by atoms with E-state index >= 15 is 8.63 Å². The number of aromatic nitrogens is 1. The Labute approximate surface area is 200 Å². The Morgan fingerprint density at radius 2 is 1.78 bits per heavy atom. The third-order valence-electron chi connectivity index (χ3n) is 6.75. The van der Waals surface area contributed by atoms with Gasteiger partial charge in [-0.15, -0.1) is 0 Å². The third kappa shape index (κ3) is 3.09. The number of hydrogen-bond acceptors (Lipinski definition) is 1. The molecule has 1 aromatic carbocycles. The summed E-state index contributed by atoms with van der Waals surface area (Å²) < 4.78 is 36.3. The van der Waals surface area contributed by atoms with Gasteiger partial charge in [-0.05, 0) is 96.3 Å². The lowest BCUT2D eigenvalue weighted by atomic mass is 9.83. The van der Waals surface area contributed by atoms with Gasteiger partial charge in [0.05, 0.1) is 5.57 Å². The van der Waals surface area contributed by atoms with E-state index in [0.29, 0.717) is 35.6 Å². The molecule has 0 saturated heterocycles. The molecule has 0 unspecified atom stereocenters. The molecule has 3 heterocycles. The van der Waals surface area contributed by atoms with Crippen LogP contribution in [-0.4, -0.2) is 28.2 Å². The van der Waals surface area contributed by atoms with E-state index in [9.17, 15) is 0 Å². The van der Waals surface area contributed by atoms with Gasteiger partial charge in [-0.2, -0.15) is 0 Å². The molecule has 0 spiro atoms. The van der Waals surface area contributed by atoms with Crippen molar-refractivity contribution in [1.29, 1.82) is 0 Å². The fourth-order valence-electron chi connectivity index (χ4n) is 5.45. The quantitative estimate of drug-likeness (QED) is 0.131. The maximum Gasteiger partial charge on any atom is 0.737 e. The van der Waals surface area contributed by atoms with E-state index in [-0.39, 0.29) is 6.54 Å². The van der Waals surface area contributed by atoms with Crippen molar-refractivity contribution < 1.29 is 13.1 Å². The van der Waals surface area contributed by atoms with Crippen LogP contribution in [0, 0.1) is 17.4 Å². The van der Waals surface area contributed by atoms with Crippen LogP contribution in [0.2, 0.25) is 0 Å². The third-order valence-corrected chi connectivity index (χ3v) is 7.47. The van der Waals surface area contributed by atoms with Gasteiger partial charge in [-0.25, -0.2) is 0 Å². The molecule has 0 fully saturated rings. The summed E-state index contributed by atoms with van der Waals surface area (Å²) >= 11 is 2.25. The summed E-state index contributed by atoms with van der Waals surface area (Å²) in [6.07, 6.45) is 1.27. The van der Waals surface area contributed by atoms with Crippen LogP contribution in [0.5, 0.6) is 0 Å². The van der Waals surface area contributed by atoms with Gasteiger partial charge in [0.2, 0.25) is 0 Å². The first-order valence-electron chi connectivity index (χ1n) is 10.8. The SMILES string of the molecule is CCC1=C(C)C2=C(c3ccc(I)cc3)c3c(C)c(CC)c(C)n3[B-](F)(F)[N+]2=C1CN=[N+]=[N-]. The second-order valence-electron chi connectivity index (χ2n) is 8.24. The maximum absolute atomic E-state index is 16.4. The van der Waals surface area contributed by atoms with Crippen molar-refractivity contribution in [3.05, 3.63) is 83.2 Å². The second-order valence-corrected chi connectivity index (χ2v) is 9.49. The van der Waals surface area contributed by atoms with Crippen LogP contribution in [0.25, 0.3) is 16.0 Å². The minimum Gasteiger partial charge on any atom is -0.393 e. The smallest absolute Gasteiger partial charge is 0.393 e. The molecule has 2 aromatic rings.